The molecular weight excluding hydrogens is 309 g/mol. The van der Waals surface area contributed by atoms with Crippen molar-refractivity contribution in [1.82, 2.24) is 0 Å². The summed E-state index contributed by atoms with van der Waals surface area (Å²) in [5.74, 6) is 1.40. The van der Waals surface area contributed by atoms with E-state index in [1.165, 1.54) is 0 Å². The van der Waals surface area contributed by atoms with Crippen molar-refractivity contribution in [2.45, 2.75) is 19.6 Å². The van der Waals surface area contributed by atoms with Crippen LogP contribution in [0.5, 0.6) is 11.5 Å². The average Bonchev–Trinajstić information content (AvgIpc) is 2.47. The summed E-state index contributed by atoms with van der Waals surface area (Å²) in [5.41, 5.74) is 7.69. The van der Waals surface area contributed by atoms with Crippen LogP contribution in [0.2, 0.25) is 10.0 Å². The van der Waals surface area contributed by atoms with Gasteiger partial charge in [0.25, 0.3) is 0 Å². The van der Waals surface area contributed by atoms with Gasteiger partial charge >= 0.3 is 0 Å². The summed E-state index contributed by atoms with van der Waals surface area (Å²) in [7, 11) is 1.61. The van der Waals surface area contributed by atoms with E-state index >= 15 is 0 Å². The first-order valence-electron chi connectivity index (χ1n) is 6.51. The SMILES string of the molecule is COc1ccc([C@@H](C)N)c(OCc2cc(Cl)ccc2Cl)c1. The molecule has 0 amide bonds. The Labute approximate surface area is 134 Å². The van der Waals surface area contributed by atoms with Crippen molar-refractivity contribution in [3.05, 3.63) is 57.6 Å². The average molecular weight is 326 g/mol. The second kappa shape index (κ2) is 7.03. The highest BCUT2D eigenvalue weighted by Crippen LogP contribution is 2.30. The molecule has 2 aromatic carbocycles. The van der Waals surface area contributed by atoms with Crippen LogP contribution in [-0.4, -0.2) is 7.11 Å². The zero-order valence-electron chi connectivity index (χ0n) is 11.9. The van der Waals surface area contributed by atoms with Crippen LogP contribution >= 0.6 is 23.2 Å². The molecule has 0 heterocycles. The smallest absolute Gasteiger partial charge is 0.128 e. The van der Waals surface area contributed by atoms with Crippen molar-refractivity contribution in [2.24, 2.45) is 5.73 Å². The summed E-state index contributed by atoms with van der Waals surface area (Å²) in [6.07, 6.45) is 0. The molecule has 0 saturated heterocycles. The van der Waals surface area contributed by atoms with Gasteiger partial charge in [0.1, 0.15) is 18.1 Å². The van der Waals surface area contributed by atoms with E-state index in [4.69, 9.17) is 38.4 Å². The largest absolute Gasteiger partial charge is 0.497 e. The van der Waals surface area contributed by atoms with E-state index < -0.39 is 0 Å². The summed E-state index contributed by atoms with van der Waals surface area (Å²) in [6, 6.07) is 10.7. The maximum absolute atomic E-state index is 6.14. The normalized spacial score (nSPS) is 12.0. The van der Waals surface area contributed by atoms with E-state index in [-0.39, 0.29) is 6.04 Å². The lowest BCUT2D eigenvalue weighted by Crippen LogP contribution is -2.08. The van der Waals surface area contributed by atoms with Crippen LogP contribution in [0.15, 0.2) is 36.4 Å². The standard InChI is InChI=1S/C16H17Cl2NO2/c1-10(19)14-5-4-13(20-2)8-16(14)21-9-11-7-12(17)3-6-15(11)18/h3-8,10H,9,19H2,1-2H3/t10-/m1/s1. The van der Waals surface area contributed by atoms with Crippen LogP contribution in [0.25, 0.3) is 0 Å². The van der Waals surface area contributed by atoms with Crippen molar-refractivity contribution < 1.29 is 9.47 Å². The van der Waals surface area contributed by atoms with Gasteiger partial charge in [0.2, 0.25) is 0 Å². The Hall–Kier alpha value is -1.42. The Kier molecular flexibility index (Phi) is 5.34. The number of halogens is 2. The fourth-order valence-electron chi connectivity index (χ4n) is 1.95. The van der Waals surface area contributed by atoms with Crippen molar-refractivity contribution in [3.8, 4) is 11.5 Å². The van der Waals surface area contributed by atoms with Crippen LogP contribution in [0, 0.1) is 0 Å². The molecule has 3 nitrogen and oxygen atoms in total. The van der Waals surface area contributed by atoms with Gasteiger partial charge in [-0.25, -0.2) is 0 Å². The van der Waals surface area contributed by atoms with E-state index in [2.05, 4.69) is 0 Å². The van der Waals surface area contributed by atoms with Gasteiger partial charge in [-0.05, 0) is 31.2 Å². The summed E-state index contributed by atoms with van der Waals surface area (Å²) < 4.78 is 11.1. The molecule has 0 radical (unpaired) electrons. The van der Waals surface area contributed by atoms with Gasteiger partial charge in [-0.2, -0.15) is 0 Å². The molecule has 0 unspecified atom stereocenters. The van der Waals surface area contributed by atoms with E-state index in [9.17, 15) is 0 Å². The molecule has 0 aliphatic rings. The highest BCUT2D eigenvalue weighted by Gasteiger charge is 2.11. The van der Waals surface area contributed by atoms with Crippen LogP contribution in [-0.2, 0) is 6.61 Å². The van der Waals surface area contributed by atoms with Crippen LogP contribution in [0.1, 0.15) is 24.1 Å². The van der Waals surface area contributed by atoms with E-state index in [0.717, 1.165) is 11.1 Å². The Morgan fingerprint density at radius 3 is 2.57 bits per heavy atom. The number of rotatable bonds is 5. The van der Waals surface area contributed by atoms with Gasteiger partial charge in [-0.15, -0.1) is 0 Å². The molecule has 0 aliphatic heterocycles. The second-order valence-electron chi connectivity index (χ2n) is 4.72. The van der Waals surface area contributed by atoms with E-state index in [0.29, 0.717) is 28.2 Å². The minimum Gasteiger partial charge on any atom is -0.497 e. The topological polar surface area (TPSA) is 44.5 Å². The molecule has 5 heteroatoms. The third kappa shape index (κ3) is 4.03. The summed E-state index contributed by atoms with van der Waals surface area (Å²) in [6.45, 7) is 2.22. The Bertz CT molecular complexity index is 630. The minimum atomic E-state index is -0.138. The molecule has 112 valence electrons. The van der Waals surface area contributed by atoms with Gasteiger partial charge in [-0.1, -0.05) is 29.3 Å². The molecule has 2 rings (SSSR count). The predicted octanol–water partition coefficient (Wildman–Crippen LogP) is 4.60. The van der Waals surface area contributed by atoms with Crippen molar-refractivity contribution >= 4 is 23.2 Å². The lowest BCUT2D eigenvalue weighted by molar-refractivity contribution is 0.299. The van der Waals surface area contributed by atoms with Crippen molar-refractivity contribution in [2.75, 3.05) is 7.11 Å². The fourth-order valence-corrected chi connectivity index (χ4v) is 2.32. The van der Waals surface area contributed by atoms with Crippen molar-refractivity contribution in [1.29, 1.82) is 0 Å². The lowest BCUT2D eigenvalue weighted by Gasteiger charge is -2.16. The predicted molar refractivity (Wildman–Crippen MR) is 86.4 cm³/mol. The molecule has 0 fully saturated rings. The van der Waals surface area contributed by atoms with Gasteiger partial charge in [0, 0.05) is 33.3 Å². The Morgan fingerprint density at radius 1 is 1.14 bits per heavy atom. The number of hydrogen-bond acceptors (Lipinski definition) is 3. The molecule has 21 heavy (non-hydrogen) atoms. The third-order valence-corrected chi connectivity index (χ3v) is 3.71. The molecule has 2 aromatic rings. The lowest BCUT2D eigenvalue weighted by atomic mass is 10.1. The van der Waals surface area contributed by atoms with Gasteiger partial charge < -0.3 is 15.2 Å². The first-order valence-corrected chi connectivity index (χ1v) is 7.27. The first kappa shape index (κ1) is 16.0. The first-order chi connectivity index (χ1) is 10.0. The molecule has 0 spiro atoms. The Morgan fingerprint density at radius 2 is 1.90 bits per heavy atom. The highest BCUT2D eigenvalue weighted by molar-refractivity contribution is 6.33. The highest BCUT2D eigenvalue weighted by atomic mass is 35.5. The zero-order valence-corrected chi connectivity index (χ0v) is 13.4. The zero-order chi connectivity index (χ0) is 15.4. The van der Waals surface area contributed by atoms with Gasteiger partial charge in [0.15, 0.2) is 0 Å². The van der Waals surface area contributed by atoms with Gasteiger partial charge in [0.05, 0.1) is 7.11 Å². The Balaban J connectivity index is 2.24. The number of nitrogens with two attached hydrogens (primary N) is 1. The number of hydrogen-bond donors (Lipinski definition) is 1. The number of benzene rings is 2. The quantitative estimate of drug-likeness (QED) is 0.873. The van der Waals surface area contributed by atoms with E-state index in [1.54, 1.807) is 25.3 Å². The summed E-state index contributed by atoms with van der Waals surface area (Å²) in [5, 5.41) is 1.24. The van der Waals surface area contributed by atoms with E-state index in [1.807, 2.05) is 25.1 Å². The molecule has 0 aromatic heterocycles. The molecule has 0 bridgehead atoms. The summed E-state index contributed by atoms with van der Waals surface area (Å²) >= 11 is 12.1. The molecule has 0 saturated carbocycles. The van der Waals surface area contributed by atoms with Gasteiger partial charge in [-0.3, -0.25) is 0 Å². The number of methoxy groups -OCH3 is 1. The fraction of sp³-hybridized carbons (Fsp3) is 0.250. The van der Waals surface area contributed by atoms with Crippen LogP contribution in [0.3, 0.4) is 0 Å². The minimum absolute atomic E-state index is 0.138. The summed E-state index contributed by atoms with van der Waals surface area (Å²) in [4.78, 5) is 0. The van der Waals surface area contributed by atoms with Crippen LogP contribution in [0.4, 0.5) is 0 Å². The monoisotopic (exact) mass is 325 g/mol. The maximum Gasteiger partial charge on any atom is 0.128 e. The molecular formula is C16H17Cl2NO2. The van der Waals surface area contributed by atoms with Crippen LogP contribution < -0.4 is 15.2 Å². The van der Waals surface area contributed by atoms with Crippen molar-refractivity contribution in [3.63, 3.8) is 0 Å². The number of ether oxygens (including phenoxy) is 2. The molecule has 1 atom stereocenters. The second-order valence-corrected chi connectivity index (χ2v) is 5.56. The maximum atomic E-state index is 6.14. The third-order valence-electron chi connectivity index (χ3n) is 3.10. The molecule has 0 aliphatic carbocycles. The molecule has 2 N–H and O–H groups in total.